The van der Waals surface area contributed by atoms with Crippen LogP contribution in [0.4, 0.5) is 0 Å². The summed E-state index contributed by atoms with van der Waals surface area (Å²) in [7, 11) is 0. The molecular weight excluding hydrogens is 306 g/mol. The molecule has 1 atom stereocenters. The first-order chi connectivity index (χ1) is 11.8. The molecule has 1 aromatic carbocycles. The maximum Gasteiger partial charge on any atom is 0.0855 e. The zero-order valence-electron chi connectivity index (χ0n) is 15.4. The maximum atomic E-state index is 5.78. The molecule has 1 unspecified atom stereocenters. The number of aliphatic imine (C=N–C) groups is 1. The molecule has 25 heavy (non-hydrogen) atoms. The van der Waals surface area contributed by atoms with Gasteiger partial charge in [0.25, 0.3) is 0 Å². The van der Waals surface area contributed by atoms with Crippen molar-refractivity contribution in [2.75, 3.05) is 0 Å². The smallest absolute Gasteiger partial charge is 0.0855 e. The van der Waals surface area contributed by atoms with Crippen molar-refractivity contribution in [3.05, 3.63) is 89.8 Å². The molecule has 3 nitrogen and oxygen atoms in total. The topological polar surface area (TPSA) is 50.4 Å². The van der Waals surface area contributed by atoms with E-state index in [9.17, 15) is 0 Å². The standard InChI is InChI=1S/C22H27N3/c1-14(2)11-20-8-10-22(25-17(20)5)18(6)24-13-19-7-9-21(16(4)23)15(3)12-19/h7-12,20,24H,4-6,13,23H2,1-3H3. The molecule has 0 amide bonds. The Labute approximate surface area is 151 Å². The summed E-state index contributed by atoms with van der Waals surface area (Å²) in [6.45, 7) is 18.8. The van der Waals surface area contributed by atoms with Crippen LogP contribution in [0.25, 0.3) is 5.70 Å². The molecule has 1 aromatic rings. The fourth-order valence-electron chi connectivity index (χ4n) is 2.75. The number of nitrogens with one attached hydrogen (secondary N) is 1. The number of nitrogens with two attached hydrogens (primary N) is 1. The predicted molar refractivity (Wildman–Crippen MR) is 109 cm³/mol. The molecule has 1 heterocycles. The zero-order valence-corrected chi connectivity index (χ0v) is 15.4. The van der Waals surface area contributed by atoms with Gasteiger partial charge in [-0.2, -0.15) is 0 Å². The largest absolute Gasteiger partial charge is 0.399 e. The van der Waals surface area contributed by atoms with Gasteiger partial charge in [-0.15, -0.1) is 0 Å². The Morgan fingerprint density at radius 3 is 2.60 bits per heavy atom. The molecule has 0 aromatic heterocycles. The second kappa shape index (κ2) is 7.84. The van der Waals surface area contributed by atoms with Crippen LogP contribution >= 0.6 is 0 Å². The van der Waals surface area contributed by atoms with Crippen LogP contribution in [0.2, 0.25) is 0 Å². The van der Waals surface area contributed by atoms with Gasteiger partial charge in [0, 0.05) is 23.9 Å². The summed E-state index contributed by atoms with van der Waals surface area (Å²) in [6, 6.07) is 6.15. The summed E-state index contributed by atoms with van der Waals surface area (Å²) in [5.41, 5.74) is 13.3. The minimum absolute atomic E-state index is 0.168. The molecular formula is C22H27N3. The van der Waals surface area contributed by atoms with E-state index in [4.69, 9.17) is 5.73 Å². The van der Waals surface area contributed by atoms with E-state index in [-0.39, 0.29) is 5.92 Å². The van der Waals surface area contributed by atoms with Gasteiger partial charge in [-0.05, 0) is 43.5 Å². The average molecular weight is 333 g/mol. The lowest BCUT2D eigenvalue weighted by Crippen LogP contribution is -2.20. The number of allylic oxidation sites excluding steroid dienone is 3. The number of hydrogen-bond acceptors (Lipinski definition) is 3. The summed E-state index contributed by atoms with van der Waals surface area (Å²) in [5.74, 6) is 0.168. The second-order valence-corrected chi connectivity index (χ2v) is 6.62. The molecule has 0 bridgehead atoms. The van der Waals surface area contributed by atoms with E-state index >= 15 is 0 Å². The number of dihydropyridines is 1. The van der Waals surface area contributed by atoms with E-state index in [1.54, 1.807) is 0 Å². The fraction of sp³-hybridized carbons (Fsp3) is 0.227. The van der Waals surface area contributed by atoms with E-state index in [2.05, 4.69) is 62.1 Å². The lowest BCUT2D eigenvalue weighted by atomic mass is 9.99. The molecule has 0 saturated carbocycles. The highest BCUT2D eigenvalue weighted by atomic mass is 14.9. The van der Waals surface area contributed by atoms with Crippen LogP contribution in [0, 0.1) is 12.8 Å². The molecule has 0 radical (unpaired) electrons. The zero-order chi connectivity index (χ0) is 18.6. The van der Waals surface area contributed by atoms with Gasteiger partial charge in [0.15, 0.2) is 0 Å². The molecule has 2 rings (SSSR count). The van der Waals surface area contributed by atoms with Crippen LogP contribution in [-0.2, 0) is 6.54 Å². The van der Waals surface area contributed by atoms with Crippen molar-refractivity contribution in [1.82, 2.24) is 5.32 Å². The number of benzene rings is 1. The van der Waals surface area contributed by atoms with Gasteiger partial charge >= 0.3 is 0 Å². The van der Waals surface area contributed by atoms with Gasteiger partial charge < -0.3 is 11.1 Å². The monoisotopic (exact) mass is 333 g/mol. The van der Waals surface area contributed by atoms with Crippen LogP contribution < -0.4 is 11.1 Å². The Balaban J connectivity index is 2.01. The lowest BCUT2D eigenvalue weighted by molar-refractivity contribution is 0.841. The van der Waals surface area contributed by atoms with Crippen LogP contribution in [-0.4, -0.2) is 5.71 Å². The molecule has 0 saturated heterocycles. The van der Waals surface area contributed by atoms with Crippen molar-refractivity contribution in [2.24, 2.45) is 16.6 Å². The summed E-state index contributed by atoms with van der Waals surface area (Å²) >= 11 is 0. The van der Waals surface area contributed by atoms with Crippen molar-refractivity contribution < 1.29 is 0 Å². The third kappa shape index (κ3) is 4.83. The summed E-state index contributed by atoms with van der Waals surface area (Å²) in [6.07, 6.45) is 6.27. The molecule has 3 N–H and O–H groups in total. The van der Waals surface area contributed by atoms with Gasteiger partial charge in [-0.3, -0.25) is 4.99 Å². The molecule has 0 aliphatic carbocycles. The van der Waals surface area contributed by atoms with Gasteiger partial charge in [0.2, 0.25) is 0 Å². The van der Waals surface area contributed by atoms with Crippen LogP contribution in [0.3, 0.4) is 0 Å². The van der Waals surface area contributed by atoms with Crippen molar-refractivity contribution in [3.63, 3.8) is 0 Å². The molecule has 0 fully saturated rings. The van der Waals surface area contributed by atoms with Crippen LogP contribution in [0.1, 0.15) is 30.5 Å². The molecule has 3 heteroatoms. The third-order valence-corrected chi connectivity index (χ3v) is 4.08. The van der Waals surface area contributed by atoms with Crippen LogP contribution in [0.5, 0.6) is 0 Å². The Hall–Kier alpha value is -2.81. The first-order valence-electron chi connectivity index (χ1n) is 8.36. The Morgan fingerprint density at radius 2 is 2.04 bits per heavy atom. The van der Waals surface area contributed by atoms with Crippen LogP contribution in [0.15, 0.2) is 78.1 Å². The molecule has 1 aliphatic rings. The van der Waals surface area contributed by atoms with E-state index in [0.717, 1.165) is 33.8 Å². The highest BCUT2D eigenvalue weighted by Gasteiger charge is 2.13. The van der Waals surface area contributed by atoms with E-state index in [0.29, 0.717) is 12.2 Å². The van der Waals surface area contributed by atoms with Crippen molar-refractivity contribution >= 4 is 11.4 Å². The first-order valence-corrected chi connectivity index (χ1v) is 8.36. The Kier molecular flexibility index (Phi) is 5.81. The second-order valence-electron chi connectivity index (χ2n) is 6.62. The number of nitrogens with zero attached hydrogens (tertiary/aromatic N) is 1. The third-order valence-electron chi connectivity index (χ3n) is 4.08. The lowest BCUT2D eigenvalue weighted by Gasteiger charge is -2.18. The highest BCUT2D eigenvalue weighted by Crippen LogP contribution is 2.22. The molecule has 0 spiro atoms. The van der Waals surface area contributed by atoms with E-state index in [1.807, 2.05) is 25.1 Å². The minimum Gasteiger partial charge on any atom is -0.399 e. The Bertz CT molecular complexity index is 803. The number of hydrogen-bond donors (Lipinski definition) is 2. The quantitative estimate of drug-likeness (QED) is 0.745. The Morgan fingerprint density at radius 1 is 1.32 bits per heavy atom. The minimum atomic E-state index is 0.168. The molecule has 1 aliphatic heterocycles. The van der Waals surface area contributed by atoms with Crippen molar-refractivity contribution in [1.29, 1.82) is 0 Å². The van der Waals surface area contributed by atoms with Gasteiger partial charge in [-0.1, -0.05) is 55.7 Å². The van der Waals surface area contributed by atoms with Gasteiger partial charge in [0.05, 0.1) is 11.4 Å². The fourth-order valence-corrected chi connectivity index (χ4v) is 2.75. The predicted octanol–water partition coefficient (Wildman–Crippen LogP) is 4.63. The maximum absolute atomic E-state index is 5.78. The van der Waals surface area contributed by atoms with Crippen molar-refractivity contribution in [3.8, 4) is 0 Å². The van der Waals surface area contributed by atoms with Gasteiger partial charge in [0.1, 0.15) is 0 Å². The van der Waals surface area contributed by atoms with Crippen molar-refractivity contribution in [2.45, 2.75) is 27.3 Å². The van der Waals surface area contributed by atoms with Gasteiger partial charge in [-0.25, -0.2) is 0 Å². The number of rotatable bonds is 6. The van der Waals surface area contributed by atoms with E-state index in [1.165, 1.54) is 5.57 Å². The normalized spacial score (nSPS) is 16.2. The average Bonchev–Trinajstić information content (AvgIpc) is 2.53. The molecule has 130 valence electrons. The summed E-state index contributed by atoms with van der Waals surface area (Å²) in [4.78, 5) is 4.58. The summed E-state index contributed by atoms with van der Waals surface area (Å²) < 4.78 is 0. The number of aryl methyl sites for hydroxylation is 1. The van der Waals surface area contributed by atoms with E-state index < -0.39 is 0 Å². The highest BCUT2D eigenvalue weighted by molar-refractivity contribution is 6.08. The SMILES string of the molecule is C=C(NCc1ccc(C(=C)N)c(C)c1)C1=NC(=C)C(C=C(C)C)C=C1. The first kappa shape index (κ1) is 18.5. The summed E-state index contributed by atoms with van der Waals surface area (Å²) in [5, 5.41) is 3.33.